The maximum atomic E-state index is 11.5. The molecule has 0 aromatic heterocycles. The molecule has 2 aliphatic rings. The summed E-state index contributed by atoms with van der Waals surface area (Å²) >= 11 is 0. The molecular weight excluding hydrogens is 302 g/mol. The fourth-order valence-corrected chi connectivity index (χ4v) is 2.88. The van der Waals surface area contributed by atoms with Crippen molar-refractivity contribution in [3.63, 3.8) is 0 Å². The summed E-state index contributed by atoms with van der Waals surface area (Å²) in [7, 11) is -1.78. The first kappa shape index (κ1) is 6.17. The number of hydrogen-bond acceptors (Lipinski definition) is 4. The molecule has 134 valence electrons. The van der Waals surface area contributed by atoms with Gasteiger partial charge in [-0.05, 0) is 53.7 Å². The second-order valence-electron chi connectivity index (χ2n) is 5.88. The van der Waals surface area contributed by atoms with Gasteiger partial charge in [0, 0.05) is 36.9 Å². The minimum Gasteiger partial charge on any atom is -0.493 e. The van der Waals surface area contributed by atoms with Gasteiger partial charge in [-0.25, -0.2) is 0 Å². The number of nitrogens with zero attached hydrogens (tertiary/aromatic N) is 1. The van der Waals surface area contributed by atoms with Gasteiger partial charge in [0.05, 0.1) is 25.7 Å². The lowest BCUT2D eigenvalue weighted by Crippen LogP contribution is -2.48. The number of rotatable bonds is 3. The Balaban J connectivity index is 2.38. The maximum absolute atomic E-state index is 11.5. The van der Waals surface area contributed by atoms with Crippen LogP contribution in [0, 0.1) is 11.3 Å². The molecule has 4 nitrogen and oxygen atoms in total. The Bertz CT molecular complexity index is 1180. The van der Waals surface area contributed by atoms with Gasteiger partial charge in [0.25, 0.3) is 0 Å². The van der Waals surface area contributed by atoms with Crippen LogP contribution in [0.3, 0.4) is 0 Å². The van der Waals surface area contributed by atoms with Crippen LogP contribution in [0.1, 0.15) is 73.8 Å². The Morgan fingerprint density at radius 1 is 1.46 bits per heavy atom. The number of fused-ring (bicyclic) bond motifs is 3. The van der Waals surface area contributed by atoms with Gasteiger partial charge in [0.1, 0.15) is 0 Å². The molecule has 2 heterocycles. The van der Waals surface area contributed by atoms with Gasteiger partial charge >= 0.3 is 0 Å². The average Bonchev–Trinajstić information content (AvgIpc) is 2.77. The van der Waals surface area contributed by atoms with Gasteiger partial charge in [0.2, 0.25) is 0 Å². The highest BCUT2D eigenvalue weighted by atomic mass is 16.5. The minimum absolute atomic E-state index is 0.0638. The van der Waals surface area contributed by atoms with E-state index in [1.807, 2.05) is 0 Å². The normalized spacial score (nSPS) is 50.3. The second-order valence-corrected chi connectivity index (χ2v) is 5.88. The number of ether oxygens (including phenoxy) is 2. The summed E-state index contributed by atoms with van der Waals surface area (Å²) in [6, 6.07) is 0.376. The summed E-state index contributed by atoms with van der Waals surface area (Å²) in [6.07, 6.45) is -11.8. The Hall–Kier alpha value is -1.26. The van der Waals surface area contributed by atoms with E-state index in [9.17, 15) is 5.11 Å². The van der Waals surface area contributed by atoms with Crippen LogP contribution >= 0.6 is 0 Å². The lowest BCUT2D eigenvalue weighted by molar-refractivity contribution is -0.0259. The van der Waals surface area contributed by atoms with E-state index in [1.54, 1.807) is 0 Å². The quantitative estimate of drug-likeness (QED) is 0.907. The predicted octanol–water partition coefficient (Wildman–Crippen LogP) is 3.42. The Labute approximate surface area is 169 Å². The number of hydrogen-bond donors (Lipinski definition) is 1. The molecular formula is C20H31NO3. The smallest absolute Gasteiger partial charge is 0.161 e. The van der Waals surface area contributed by atoms with E-state index in [2.05, 4.69) is 0 Å². The molecule has 1 saturated heterocycles. The lowest BCUT2D eigenvalue weighted by Gasteiger charge is -2.47. The van der Waals surface area contributed by atoms with Crippen molar-refractivity contribution in [2.75, 3.05) is 27.2 Å². The summed E-state index contributed by atoms with van der Waals surface area (Å²) in [5.74, 6) is -4.56. The van der Waals surface area contributed by atoms with Crippen LogP contribution < -0.4 is 9.47 Å². The van der Waals surface area contributed by atoms with Crippen molar-refractivity contribution in [2.24, 2.45) is 11.3 Å². The van der Waals surface area contributed by atoms with Gasteiger partial charge in [-0.2, -0.15) is 0 Å². The maximum Gasteiger partial charge on any atom is 0.161 e. The van der Waals surface area contributed by atoms with E-state index >= 15 is 0 Å². The van der Waals surface area contributed by atoms with Crippen molar-refractivity contribution in [3.8, 4) is 11.5 Å². The molecule has 0 saturated carbocycles. The summed E-state index contributed by atoms with van der Waals surface area (Å²) in [4.78, 5) is 0.633. The van der Waals surface area contributed by atoms with Crippen molar-refractivity contribution in [1.29, 1.82) is 0 Å². The average molecular weight is 351 g/mol. The zero-order valence-electron chi connectivity index (χ0n) is 30.4. The van der Waals surface area contributed by atoms with Crippen molar-refractivity contribution >= 4 is 0 Å². The third-order valence-electron chi connectivity index (χ3n) is 3.90. The predicted molar refractivity (Wildman–Crippen MR) is 95.7 cm³/mol. The summed E-state index contributed by atoms with van der Waals surface area (Å²) in [5, 5.41) is 11.5. The third kappa shape index (κ3) is 3.40. The molecule has 3 unspecified atom stereocenters. The van der Waals surface area contributed by atoms with Crippen LogP contribution in [0.5, 0.6) is 11.5 Å². The molecule has 4 heteroatoms. The Morgan fingerprint density at radius 3 is 2.96 bits per heavy atom. The Kier molecular flexibility index (Phi) is 1.69. The first-order chi connectivity index (χ1) is 18.0. The zero-order chi connectivity index (χ0) is 32.2. The SMILES string of the molecule is [2H]C([2H])([2H])Oc1cc2c(cc1OC)CCN1C2C([2H])([2H])C([2H])(O)C([2H])(C([2H])([2H])C(C)(C([2H])([2H])[2H])C([2H])([2H])[2H])C1([2H])[2H]. The van der Waals surface area contributed by atoms with Gasteiger partial charge in [-0.15, -0.1) is 0 Å². The molecule has 1 aromatic rings. The van der Waals surface area contributed by atoms with Crippen LogP contribution in [0.25, 0.3) is 0 Å². The topological polar surface area (TPSA) is 41.9 Å². The van der Waals surface area contributed by atoms with E-state index in [0.29, 0.717) is 11.8 Å². The molecule has 0 aliphatic carbocycles. The first-order valence-corrected chi connectivity index (χ1v) is 7.38. The molecule has 0 bridgehead atoms. The lowest BCUT2D eigenvalue weighted by atomic mass is 9.75. The minimum atomic E-state index is -4.13. The van der Waals surface area contributed by atoms with Crippen LogP contribution in [0.2, 0.25) is 0 Å². The number of aliphatic hydroxyl groups is 1. The van der Waals surface area contributed by atoms with E-state index in [1.165, 1.54) is 13.2 Å². The molecule has 0 radical (unpaired) electrons. The van der Waals surface area contributed by atoms with Gasteiger partial charge in [-0.3, -0.25) is 4.90 Å². The van der Waals surface area contributed by atoms with Crippen molar-refractivity contribution in [2.45, 2.75) is 51.9 Å². The van der Waals surface area contributed by atoms with Gasteiger partial charge < -0.3 is 14.6 Å². The van der Waals surface area contributed by atoms with Gasteiger partial charge in [0.15, 0.2) is 11.5 Å². The molecule has 1 N–H and O–H groups in total. The molecule has 3 rings (SSSR count). The molecule has 1 fully saturated rings. The third-order valence-corrected chi connectivity index (χ3v) is 3.90. The van der Waals surface area contributed by atoms with Crippen molar-refractivity contribution in [1.82, 2.24) is 4.90 Å². The van der Waals surface area contributed by atoms with E-state index in [4.69, 9.17) is 32.8 Å². The fraction of sp³-hybridized carbons (Fsp3) is 0.700. The molecule has 3 atom stereocenters. The highest BCUT2D eigenvalue weighted by molar-refractivity contribution is 5.49. The molecule has 0 amide bonds. The van der Waals surface area contributed by atoms with Crippen LogP contribution in [-0.2, 0) is 6.42 Å². The number of methoxy groups -OCH3 is 2. The van der Waals surface area contributed by atoms with Crippen LogP contribution in [-0.4, -0.2) is 43.3 Å². The van der Waals surface area contributed by atoms with Gasteiger partial charge in [-0.1, -0.05) is 20.6 Å². The second kappa shape index (κ2) is 6.57. The zero-order valence-corrected chi connectivity index (χ0v) is 13.4. The Morgan fingerprint density at radius 2 is 2.25 bits per heavy atom. The number of benzene rings is 1. The molecule has 1 aromatic carbocycles. The van der Waals surface area contributed by atoms with Crippen LogP contribution in [0.4, 0.5) is 0 Å². The standard InChI is InChI=1S/C20H31NO3/c1-20(2,3)11-14-12-21-7-6-13-8-18(23-4)19(24-5)9-15(13)16(21)10-17(14)22/h8-9,14,16-17,22H,6-7,10-12H2,1-5H3/i1D3,2D3,5D3,10D2,11D2,12D2,14D,17D. The molecule has 2 aliphatic heterocycles. The first-order valence-electron chi connectivity index (χ1n) is 15.9. The summed E-state index contributed by atoms with van der Waals surface area (Å²) in [6.45, 7) is -11.1. The molecule has 24 heavy (non-hydrogen) atoms. The molecule has 0 spiro atoms. The monoisotopic (exact) mass is 350 g/mol. The summed E-state index contributed by atoms with van der Waals surface area (Å²) in [5.41, 5.74) is -3.44. The van der Waals surface area contributed by atoms with Crippen LogP contribution in [0.15, 0.2) is 12.1 Å². The van der Waals surface area contributed by atoms with E-state index in [0.717, 1.165) is 6.07 Å². The largest absolute Gasteiger partial charge is 0.493 e. The van der Waals surface area contributed by atoms with E-state index in [-0.39, 0.29) is 23.3 Å². The number of piperidine rings is 1. The summed E-state index contributed by atoms with van der Waals surface area (Å²) < 4.78 is 150. The highest BCUT2D eigenvalue weighted by Crippen LogP contribution is 2.44. The fourth-order valence-electron chi connectivity index (χ4n) is 2.88. The van der Waals surface area contributed by atoms with E-state index < -0.39 is 75.7 Å². The van der Waals surface area contributed by atoms with Crippen molar-refractivity contribution < 1.29 is 37.9 Å². The highest BCUT2D eigenvalue weighted by Gasteiger charge is 2.39. The van der Waals surface area contributed by atoms with Crippen molar-refractivity contribution in [3.05, 3.63) is 23.3 Å².